The Morgan fingerprint density at radius 3 is 2.06 bits per heavy atom. The highest BCUT2D eigenvalue weighted by atomic mass is 19.4. The molecule has 0 saturated carbocycles. The molecule has 2 unspecified atom stereocenters. The molecule has 0 spiro atoms. The molecule has 0 aromatic carbocycles. The summed E-state index contributed by atoms with van der Waals surface area (Å²) in [6, 6.07) is -2.30. The maximum absolute atomic E-state index is 13.1. The third kappa shape index (κ3) is 3.85. The van der Waals surface area contributed by atoms with Gasteiger partial charge in [-0.3, -0.25) is 4.90 Å². The van der Waals surface area contributed by atoms with Crippen molar-refractivity contribution in [2.45, 2.75) is 58.3 Å². The molecule has 1 aliphatic rings. The van der Waals surface area contributed by atoms with Gasteiger partial charge in [-0.2, -0.15) is 13.2 Å². The second-order valence-corrected chi connectivity index (χ2v) is 5.68. The van der Waals surface area contributed by atoms with Gasteiger partial charge in [0.05, 0.1) is 0 Å². The van der Waals surface area contributed by atoms with Gasteiger partial charge in [-0.1, -0.05) is 20.8 Å². The van der Waals surface area contributed by atoms with Crippen molar-refractivity contribution in [3.8, 4) is 0 Å². The van der Waals surface area contributed by atoms with Crippen molar-refractivity contribution in [3.63, 3.8) is 0 Å². The third-order valence-electron chi connectivity index (χ3n) is 4.12. The smallest absolute Gasteiger partial charge is 0.326 e. The van der Waals surface area contributed by atoms with Crippen LogP contribution in [0.3, 0.4) is 0 Å². The van der Waals surface area contributed by atoms with E-state index in [2.05, 4.69) is 13.8 Å². The van der Waals surface area contributed by atoms with E-state index >= 15 is 0 Å². The van der Waals surface area contributed by atoms with Crippen LogP contribution < -0.4 is 5.73 Å². The van der Waals surface area contributed by atoms with Gasteiger partial charge in [0.25, 0.3) is 0 Å². The molecule has 108 valence electrons. The van der Waals surface area contributed by atoms with E-state index in [-0.39, 0.29) is 0 Å². The van der Waals surface area contributed by atoms with Gasteiger partial charge in [0.15, 0.2) is 0 Å². The zero-order chi connectivity index (χ0) is 13.9. The topological polar surface area (TPSA) is 29.3 Å². The minimum atomic E-state index is -4.22. The molecule has 0 aromatic rings. The first-order chi connectivity index (χ1) is 8.27. The lowest BCUT2D eigenvalue weighted by molar-refractivity contribution is -0.193. The van der Waals surface area contributed by atoms with Crippen molar-refractivity contribution in [1.29, 1.82) is 0 Å². The molecule has 1 aliphatic heterocycles. The van der Waals surface area contributed by atoms with Crippen molar-refractivity contribution in [1.82, 2.24) is 4.90 Å². The standard InChI is InChI=1S/C13H25F3N2/c1-4-11(17)12(13(14,15)16)18-7-5-10(6-8-18)9(2)3/h9-12H,4-8,17H2,1-3H3. The van der Waals surface area contributed by atoms with Crippen molar-refractivity contribution in [3.05, 3.63) is 0 Å². The Labute approximate surface area is 108 Å². The molecular weight excluding hydrogens is 241 g/mol. The first-order valence-electron chi connectivity index (χ1n) is 6.83. The molecule has 1 saturated heterocycles. The average molecular weight is 266 g/mol. The molecule has 0 amide bonds. The Hall–Kier alpha value is -0.290. The number of nitrogens with two attached hydrogens (primary N) is 1. The average Bonchev–Trinajstić information content (AvgIpc) is 2.27. The molecule has 1 fully saturated rings. The van der Waals surface area contributed by atoms with E-state index in [1.807, 2.05) is 0 Å². The number of rotatable bonds is 4. The van der Waals surface area contributed by atoms with Crippen LogP contribution in [0.4, 0.5) is 13.2 Å². The Morgan fingerprint density at radius 2 is 1.72 bits per heavy atom. The van der Waals surface area contributed by atoms with Crippen LogP contribution in [-0.4, -0.2) is 36.2 Å². The summed E-state index contributed by atoms with van der Waals surface area (Å²) in [5.41, 5.74) is 5.67. The Bertz CT molecular complexity index is 245. The molecule has 5 heteroatoms. The summed E-state index contributed by atoms with van der Waals surface area (Å²) in [6.07, 6.45) is -2.17. The molecule has 2 N–H and O–H groups in total. The van der Waals surface area contributed by atoms with Gasteiger partial charge in [0.2, 0.25) is 0 Å². The second kappa shape index (κ2) is 6.24. The van der Waals surface area contributed by atoms with E-state index in [4.69, 9.17) is 5.73 Å². The Morgan fingerprint density at radius 1 is 1.22 bits per heavy atom. The number of piperidine rings is 1. The normalized spacial score (nSPS) is 23.3. The predicted octanol–water partition coefficient (Wildman–Crippen LogP) is 3.02. The van der Waals surface area contributed by atoms with Crippen LogP contribution in [0.1, 0.15) is 40.0 Å². The van der Waals surface area contributed by atoms with Crippen molar-refractivity contribution < 1.29 is 13.2 Å². The van der Waals surface area contributed by atoms with Crippen LogP contribution in [0.2, 0.25) is 0 Å². The first kappa shape index (κ1) is 15.8. The van der Waals surface area contributed by atoms with E-state index in [1.54, 1.807) is 6.92 Å². The van der Waals surface area contributed by atoms with E-state index in [0.29, 0.717) is 31.3 Å². The molecule has 0 radical (unpaired) electrons. The van der Waals surface area contributed by atoms with Crippen molar-refractivity contribution in [2.24, 2.45) is 17.6 Å². The lowest BCUT2D eigenvalue weighted by atomic mass is 9.85. The summed E-state index contributed by atoms with van der Waals surface area (Å²) < 4.78 is 39.2. The Kier molecular flexibility index (Phi) is 5.46. The highest BCUT2D eigenvalue weighted by molar-refractivity contribution is 4.90. The summed E-state index contributed by atoms with van der Waals surface area (Å²) in [6.45, 7) is 7.02. The molecule has 1 rings (SSSR count). The summed E-state index contributed by atoms with van der Waals surface area (Å²) in [5, 5.41) is 0. The summed E-state index contributed by atoms with van der Waals surface area (Å²) in [7, 11) is 0. The molecule has 0 aliphatic carbocycles. The predicted molar refractivity (Wildman–Crippen MR) is 67.2 cm³/mol. The summed E-state index contributed by atoms with van der Waals surface area (Å²) in [5.74, 6) is 1.10. The van der Waals surface area contributed by atoms with Crippen LogP contribution in [0.5, 0.6) is 0 Å². The second-order valence-electron chi connectivity index (χ2n) is 5.68. The number of likely N-dealkylation sites (tertiary alicyclic amines) is 1. The summed E-state index contributed by atoms with van der Waals surface area (Å²) >= 11 is 0. The van der Waals surface area contributed by atoms with Crippen LogP contribution >= 0.6 is 0 Å². The molecule has 2 atom stereocenters. The summed E-state index contributed by atoms with van der Waals surface area (Å²) in [4.78, 5) is 1.53. The number of halogens is 3. The van der Waals surface area contributed by atoms with Gasteiger partial charge in [0.1, 0.15) is 6.04 Å². The van der Waals surface area contributed by atoms with Crippen LogP contribution in [0.25, 0.3) is 0 Å². The third-order valence-corrected chi connectivity index (χ3v) is 4.12. The molecule has 2 nitrogen and oxygen atoms in total. The van der Waals surface area contributed by atoms with Crippen LogP contribution in [0.15, 0.2) is 0 Å². The molecule has 0 aromatic heterocycles. The Balaban J connectivity index is 2.67. The monoisotopic (exact) mass is 266 g/mol. The first-order valence-corrected chi connectivity index (χ1v) is 6.83. The lowest BCUT2D eigenvalue weighted by Crippen LogP contribution is -2.57. The van der Waals surface area contributed by atoms with Gasteiger partial charge < -0.3 is 5.73 Å². The number of hydrogen-bond donors (Lipinski definition) is 1. The van der Waals surface area contributed by atoms with Crippen molar-refractivity contribution >= 4 is 0 Å². The van der Waals surface area contributed by atoms with Gasteiger partial charge >= 0.3 is 6.18 Å². The maximum Gasteiger partial charge on any atom is 0.405 e. The zero-order valence-electron chi connectivity index (χ0n) is 11.5. The van der Waals surface area contributed by atoms with E-state index in [1.165, 1.54) is 4.90 Å². The fourth-order valence-electron chi connectivity index (χ4n) is 2.81. The maximum atomic E-state index is 13.1. The van der Waals surface area contributed by atoms with E-state index in [9.17, 15) is 13.2 Å². The van der Waals surface area contributed by atoms with Crippen molar-refractivity contribution in [2.75, 3.05) is 13.1 Å². The number of nitrogens with zero attached hydrogens (tertiary/aromatic N) is 1. The highest BCUT2D eigenvalue weighted by Gasteiger charge is 2.47. The number of hydrogen-bond acceptors (Lipinski definition) is 2. The van der Waals surface area contributed by atoms with Crippen LogP contribution in [0, 0.1) is 11.8 Å². The highest BCUT2D eigenvalue weighted by Crippen LogP contribution is 2.32. The van der Waals surface area contributed by atoms with Gasteiger partial charge in [-0.25, -0.2) is 0 Å². The quantitative estimate of drug-likeness (QED) is 0.847. The molecular formula is C13H25F3N2. The fourth-order valence-corrected chi connectivity index (χ4v) is 2.81. The van der Waals surface area contributed by atoms with Gasteiger partial charge in [-0.15, -0.1) is 0 Å². The lowest BCUT2D eigenvalue weighted by Gasteiger charge is -2.41. The SMILES string of the molecule is CCC(N)C(N1CCC(C(C)C)CC1)C(F)(F)F. The van der Waals surface area contributed by atoms with E-state index < -0.39 is 18.3 Å². The van der Waals surface area contributed by atoms with Gasteiger partial charge in [-0.05, 0) is 44.2 Å². The largest absolute Gasteiger partial charge is 0.405 e. The van der Waals surface area contributed by atoms with Gasteiger partial charge in [0, 0.05) is 6.04 Å². The van der Waals surface area contributed by atoms with Crippen LogP contribution in [-0.2, 0) is 0 Å². The molecule has 18 heavy (non-hydrogen) atoms. The fraction of sp³-hybridized carbons (Fsp3) is 1.00. The minimum absolute atomic E-state index is 0.355. The zero-order valence-corrected chi connectivity index (χ0v) is 11.5. The molecule has 0 bridgehead atoms. The minimum Gasteiger partial charge on any atom is -0.326 e. The molecule has 1 heterocycles. The number of alkyl halides is 3. The van der Waals surface area contributed by atoms with E-state index in [0.717, 1.165) is 12.8 Å².